The van der Waals surface area contributed by atoms with Crippen LogP contribution in [-0.2, 0) is 12.3 Å². The second-order valence-corrected chi connectivity index (χ2v) is 7.10. The summed E-state index contributed by atoms with van der Waals surface area (Å²) >= 11 is 1.70. The molecule has 134 valence electrons. The van der Waals surface area contributed by atoms with Gasteiger partial charge in [-0.15, -0.1) is 11.8 Å². The molecule has 0 spiro atoms. The summed E-state index contributed by atoms with van der Waals surface area (Å²) in [4.78, 5) is 22.0. The summed E-state index contributed by atoms with van der Waals surface area (Å²) in [5.74, 6) is 0.699. The van der Waals surface area contributed by atoms with E-state index >= 15 is 0 Å². The summed E-state index contributed by atoms with van der Waals surface area (Å²) in [5, 5.41) is 2.91. The molecule has 0 bridgehead atoms. The first kappa shape index (κ1) is 17.3. The molecule has 27 heavy (non-hydrogen) atoms. The quantitative estimate of drug-likeness (QED) is 0.519. The van der Waals surface area contributed by atoms with Crippen molar-refractivity contribution >= 4 is 23.3 Å². The maximum absolute atomic E-state index is 12.3. The monoisotopic (exact) mass is 374 g/mol. The summed E-state index contributed by atoms with van der Waals surface area (Å²) in [6, 6.07) is 17.4. The molecule has 0 radical (unpaired) electrons. The molecule has 0 unspecified atom stereocenters. The molecule has 0 aliphatic heterocycles. The summed E-state index contributed by atoms with van der Waals surface area (Å²) in [6.45, 7) is 0.469. The lowest BCUT2D eigenvalue weighted by molar-refractivity contribution is 0.0951. The number of rotatable bonds is 6. The number of aromatic nitrogens is 3. The molecule has 3 heterocycles. The van der Waals surface area contributed by atoms with Crippen LogP contribution in [0.25, 0.3) is 5.65 Å². The lowest BCUT2D eigenvalue weighted by Gasteiger charge is -2.06. The van der Waals surface area contributed by atoms with Gasteiger partial charge in [-0.05, 0) is 48.0 Å². The summed E-state index contributed by atoms with van der Waals surface area (Å²) in [6.07, 6.45) is 7.51. The molecular weight excluding hydrogens is 356 g/mol. The van der Waals surface area contributed by atoms with Crippen molar-refractivity contribution in [2.24, 2.45) is 0 Å². The number of hydrogen-bond acceptors (Lipinski definition) is 4. The topological polar surface area (TPSA) is 59.3 Å². The van der Waals surface area contributed by atoms with E-state index in [1.54, 1.807) is 24.2 Å². The second kappa shape index (κ2) is 8.05. The lowest BCUT2D eigenvalue weighted by Crippen LogP contribution is -2.22. The summed E-state index contributed by atoms with van der Waals surface area (Å²) in [7, 11) is 0. The van der Waals surface area contributed by atoms with Crippen LogP contribution in [0.2, 0.25) is 0 Å². The number of nitrogens with zero attached hydrogens (tertiary/aromatic N) is 3. The molecular formula is C21H18N4OS. The maximum Gasteiger partial charge on any atom is 0.251 e. The number of pyridine rings is 2. The molecule has 0 aliphatic rings. The van der Waals surface area contributed by atoms with Gasteiger partial charge < -0.3 is 9.72 Å². The molecule has 0 saturated carbocycles. The molecule has 1 amide bonds. The fraction of sp³-hybridized carbons (Fsp3) is 0.0952. The Labute approximate surface area is 161 Å². The number of nitrogens with one attached hydrogen (secondary N) is 1. The van der Waals surface area contributed by atoms with Gasteiger partial charge in [0.15, 0.2) is 0 Å². The number of hydrogen-bond donors (Lipinski definition) is 1. The number of carbonyl (C=O) groups excluding carboxylic acids is 1. The zero-order valence-corrected chi connectivity index (χ0v) is 15.4. The Kier molecular flexibility index (Phi) is 5.16. The highest BCUT2D eigenvalue weighted by molar-refractivity contribution is 7.98. The van der Waals surface area contributed by atoms with E-state index in [-0.39, 0.29) is 5.91 Å². The zero-order valence-electron chi connectivity index (χ0n) is 14.6. The standard InChI is InChI=1S/C21H18N4OS/c26-21(23-13-16-4-3-10-22-12-16)17-6-8-19(9-7-17)27-15-18-14-25-11-2-1-5-20(25)24-18/h1-12,14H,13,15H2,(H,23,26). The van der Waals surface area contributed by atoms with E-state index in [4.69, 9.17) is 0 Å². The van der Waals surface area contributed by atoms with Gasteiger partial charge in [-0.25, -0.2) is 4.98 Å². The van der Waals surface area contributed by atoms with Crippen molar-refractivity contribution in [2.45, 2.75) is 17.2 Å². The minimum Gasteiger partial charge on any atom is -0.348 e. The third-order valence-electron chi connectivity index (χ3n) is 4.09. The van der Waals surface area contributed by atoms with Crippen molar-refractivity contribution in [3.63, 3.8) is 0 Å². The molecule has 0 atom stereocenters. The smallest absolute Gasteiger partial charge is 0.251 e. The highest BCUT2D eigenvalue weighted by Crippen LogP contribution is 2.23. The highest BCUT2D eigenvalue weighted by Gasteiger charge is 2.06. The van der Waals surface area contributed by atoms with Crippen molar-refractivity contribution < 1.29 is 4.79 Å². The number of benzene rings is 1. The van der Waals surface area contributed by atoms with Crippen LogP contribution >= 0.6 is 11.8 Å². The molecule has 0 aliphatic carbocycles. The SMILES string of the molecule is O=C(NCc1cccnc1)c1ccc(SCc2cn3ccccc3n2)cc1. The molecule has 0 saturated heterocycles. The van der Waals surface area contributed by atoms with Crippen molar-refractivity contribution in [1.82, 2.24) is 19.7 Å². The number of thioether (sulfide) groups is 1. The third kappa shape index (κ3) is 4.35. The van der Waals surface area contributed by atoms with Crippen molar-refractivity contribution in [3.8, 4) is 0 Å². The van der Waals surface area contributed by atoms with Gasteiger partial charge in [0.05, 0.1) is 5.69 Å². The first-order valence-corrected chi connectivity index (χ1v) is 9.59. The number of amides is 1. The minimum absolute atomic E-state index is 0.0873. The predicted octanol–water partition coefficient (Wildman–Crippen LogP) is 3.95. The molecule has 6 heteroatoms. The molecule has 4 aromatic rings. The Balaban J connectivity index is 1.33. The summed E-state index contributed by atoms with van der Waals surface area (Å²) in [5.41, 5.74) is 3.61. The van der Waals surface area contributed by atoms with E-state index in [1.165, 1.54) is 0 Å². The number of fused-ring (bicyclic) bond motifs is 1. The van der Waals surface area contributed by atoms with Gasteiger partial charge in [0.25, 0.3) is 5.91 Å². The molecule has 1 aromatic carbocycles. The van der Waals surface area contributed by atoms with Gasteiger partial charge >= 0.3 is 0 Å². The third-order valence-corrected chi connectivity index (χ3v) is 5.14. The number of carbonyl (C=O) groups is 1. The van der Waals surface area contributed by atoms with Crippen LogP contribution in [0.15, 0.2) is 84.3 Å². The van der Waals surface area contributed by atoms with Crippen molar-refractivity contribution in [3.05, 3.63) is 96.2 Å². The van der Waals surface area contributed by atoms with Crippen LogP contribution in [0, 0.1) is 0 Å². The largest absolute Gasteiger partial charge is 0.348 e. The van der Waals surface area contributed by atoms with E-state index in [2.05, 4.69) is 15.3 Å². The first-order chi connectivity index (χ1) is 13.3. The lowest BCUT2D eigenvalue weighted by atomic mass is 10.2. The first-order valence-electron chi connectivity index (χ1n) is 8.60. The Bertz CT molecular complexity index is 1010. The second-order valence-electron chi connectivity index (χ2n) is 6.06. The van der Waals surface area contributed by atoms with Crippen LogP contribution in [-0.4, -0.2) is 20.3 Å². The Morgan fingerprint density at radius 2 is 1.96 bits per heavy atom. The normalized spacial score (nSPS) is 10.8. The minimum atomic E-state index is -0.0873. The fourth-order valence-corrected chi connectivity index (χ4v) is 3.49. The van der Waals surface area contributed by atoms with Crippen LogP contribution in [0.1, 0.15) is 21.6 Å². The van der Waals surface area contributed by atoms with Crippen LogP contribution in [0.4, 0.5) is 0 Å². The van der Waals surface area contributed by atoms with Crippen LogP contribution < -0.4 is 5.32 Å². The molecule has 3 aromatic heterocycles. The molecule has 5 nitrogen and oxygen atoms in total. The average Bonchev–Trinajstić information content (AvgIpc) is 3.15. The van der Waals surface area contributed by atoms with Gasteiger partial charge in [0.1, 0.15) is 5.65 Å². The van der Waals surface area contributed by atoms with Crippen molar-refractivity contribution in [1.29, 1.82) is 0 Å². The van der Waals surface area contributed by atoms with Gasteiger partial charge in [0.2, 0.25) is 0 Å². The average molecular weight is 374 g/mol. The maximum atomic E-state index is 12.3. The molecule has 1 N–H and O–H groups in total. The van der Waals surface area contributed by atoms with E-state index < -0.39 is 0 Å². The van der Waals surface area contributed by atoms with Crippen molar-refractivity contribution in [2.75, 3.05) is 0 Å². The van der Waals surface area contributed by atoms with E-state index in [9.17, 15) is 4.79 Å². The van der Waals surface area contributed by atoms with Crippen LogP contribution in [0.5, 0.6) is 0 Å². The van der Waals surface area contributed by atoms with E-state index in [1.807, 2.05) is 71.4 Å². The van der Waals surface area contributed by atoms with Gasteiger partial charge in [-0.3, -0.25) is 9.78 Å². The molecule has 0 fully saturated rings. The summed E-state index contributed by atoms with van der Waals surface area (Å²) < 4.78 is 2.02. The van der Waals surface area contributed by atoms with Gasteiger partial charge in [-0.2, -0.15) is 0 Å². The Hall–Kier alpha value is -3.12. The highest BCUT2D eigenvalue weighted by atomic mass is 32.2. The number of imidazole rings is 1. The Morgan fingerprint density at radius 3 is 2.74 bits per heavy atom. The zero-order chi connectivity index (χ0) is 18.5. The Morgan fingerprint density at radius 1 is 1.07 bits per heavy atom. The fourth-order valence-electron chi connectivity index (χ4n) is 2.70. The molecule has 4 rings (SSSR count). The van der Waals surface area contributed by atoms with Crippen LogP contribution in [0.3, 0.4) is 0 Å². The van der Waals surface area contributed by atoms with Gasteiger partial charge in [-0.1, -0.05) is 12.1 Å². The van der Waals surface area contributed by atoms with Gasteiger partial charge in [0, 0.05) is 47.5 Å². The van der Waals surface area contributed by atoms with E-state index in [0.29, 0.717) is 12.1 Å². The predicted molar refractivity (Wildman–Crippen MR) is 107 cm³/mol. The van der Waals surface area contributed by atoms with E-state index in [0.717, 1.165) is 27.6 Å².